The summed E-state index contributed by atoms with van der Waals surface area (Å²) in [5.74, 6) is 0. The lowest BCUT2D eigenvalue weighted by Crippen LogP contribution is -2.51. The first-order valence-electron chi connectivity index (χ1n) is 8.63. The van der Waals surface area contributed by atoms with Crippen LogP contribution in [0, 0.1) is 0 Å². The number of hydrogen-bond acceptors (Lipinski definition) is 5. The van der Waals surface area contributed by atoms with Crippen molar-refractivity contribution in [3.05, 3.63) is 48.0 Å². The molecule has 2 fully saturated rings. The van der Waals surface area contributed by atoms with Gasteiger partial charge in [0.25, 0.3) is 0 Å². The molecule has 0 amide bonds. The Labute approximate surface area is 142 Å². The van der Waals surface area contributed by atoms with E-state index in [9.17, 15) is 0 Å². The van der Waals surface area contributed by atoms with Gasteiger partial charge in [0.05, 0.1) is 31.6 Å². The minimum absolute atomic E-state index is 0.178. The average Bonchev–Trinajstić information content (AvgIpc) is 3.21. The molecule has 1 saturated heterocycles. The van der Waals surface area contributed by atoms with Gasteiger partial charge < -0.3 is 9.47 Å². The first kappa shape index (κ1) is 15.7. The molecule has 24 heavy (non-hydrogen) atoms. The van der Waals surface area contributed by atoms with Crippen LogP contribution in [0.25, 0.3) is 0 Å². The Hall–Kier alpha value is -1.76. The van der Waals surface area contributed by atoms with Gasteiger partial charge in [0.1, 0.15) is 0 Å². The van der Waals surface area contributed by atoms with Crippen molar-refractivity contribution in [3.63, 3.8) is 0 Å². The molecule has 6 nitrogen and oxygen atoms in total. The van der Waals surface area contributed by atoms with E-state index in [1.54, 1.807) is 0 Å². The molecule has 0 N–H and O–H groups in total. The van der Waals surface area contributed by atoms with Gasteiger partial charge in [-0.05, 0) is 30.5 Å². The predicted molar refractivity (Wildman–Crippen MR) is 89.2 cm³/mol. The molecule has 0 bridgehead atoms. The van der Waals surface area contributed by atoms with E-state index in [4.69, 9.17) is 9.47 Å². The highest BCUT2D eigenvalue weighted by Gasteiger charge is 2.43. The van der Waals surface area contributed by atoms with Crippen LogP contribution in [0.1, 0.15) is 24.0 Å². The Morgan fingerprint density at radius 2 is 2.12 bits per heavy atom. The molecule has 6 heteroatoms. The van der Waals surface area contributed by atoms with Crippen LogP contribution in [0.5, 0.6) is 0 Å². The summed E-state index contributed by atoms with van der Waals surface area (Å²) in [4.78, 5) is 6.58. The number of pyridine rings is 1. The van der Waals surface area contributed by atoms with Gasteiger partial charge in [-0.2, -0.15) is 5.10 Å². The van der Waals surface area contributed by atoms with Gasteiger partial charge in [-0.15, -0.1) is 0 Å². The van der Waals surface area contributed by atoms with Crippen molar-refractivity contribution >= 4 is 0 Å². The molecule has 0 radical (unpaired) electrons. The van der Waals surface area contributed by atoms with Crippen molar-refractivity contribution in [2.45, 2.75) is 44.2 Å². The number of morpholine rings is 1. The summed E-state index contributed by atoms with van der Waals surface area (Å²) in [6, 6.07) is 4.45. The Morgan fingerprint density at radius 1 is 1.25 bits per heavy atom. The van der Waals surface area contributed by atoms with Crippen molar-refractivity contribution in [2.24, 2.45) is 7.05 Å². The number of hydrogen-bond donors (Lipinski definition) is 0. The zero-order valence-electron chi connectivity index (χ0n) is 14.0. The molecule has 2 aromatic rings. The number of fused-ring (bicyclic) bond motifs is 1. The second-order valence-electron chi connectivity index (χ2n) is 6.68. The van der Waals surface area contributed by atoms with Crippen LogP contribution in [0.3, 0.4) is 0 Å². The van der Waals surface area contributed by atoms with E-state index >= 15 is 0 Å². The zero-order chi connectivity index (χ0) is 16.4. The topological polar surface area (TPSA) is 52.4 Å². The van der Waals surface area contributed by atoms with Crippen LogP contribution in [-0.2, 0) is 29.7 Å². The number of aryl methyl sites for hydroxylation is 1. The Morgan fingerprint density at radius 3 is 2.92 bits per heavy atom. The van der Waals surface area contributed by atoms with Crippen LogP contribution in [0.15, 0.2) is 36.9 Å². The molecule has 0 aromatic carbocycles. The molecule has 3 heterocycles. The van der Waals surface area contributed by atoms with Crippen LogP contribution in [0.2, 0.25) is 0 Å². The molecule has 2 aromatic heterocycles. The van der Waals surface area contributed by atoms with Gasteiger partial charge in [-0.25, -0.2) is 0 Å². The van der Waals surface area contributed by atoms with E-state index in [2.05, 4.69) is 21.2 Å². The smallest absolute Gasteiger partial charge is 0.0992 e. The summed E-state index contributed by atoms with van der Waals surface area (Å²) < 4.78 is 14.1. The van der Waals surface area contributed by atoms with Crippen molar-refractivity contribution in [1.29, 1.82) is 0 Å². The third kappa shape index (κ3) is 3.36. The quantitative estimate of drug-likeness (QED) is 0.837. The van der Waals surface area contributed by atoms with Crippen LogP contribution in [0.4, 0.5) is 0 Å². The Balaban J connectivity index is 1.37. The molecule has 4 rings (SSSR count). The second-order valence-corrected chi connectivity index (χ2v) is 6.68. The van der Waals surface area contributed by atoms with Gasteiger partial charge >= 0.3 is 0 Å². The molecular weight excluding hydrogens is 304 g/mol. The number of nitrogens with zero attached hydrogens (tertiary/aromatic N) is 4. The summed E-state index contributed by atoms with van der Waals surface area (Å²) in [5.41, 5.74) is 2.43. The normalized spacial score (nSPS) is 27.3. The highest BCUT2D eigenvalue weighted by Crippen LogP contribution is 2.33. The summed E-state index contributed by atoms with van der Waals surface area (Å²) in [5, 5.41) is 4.27. The van der Waals surface area contributed by atoms with Crippen LogP contribution in [-0.4, -0.2) is 51.1 Å². The fourth-order valence-corrected chi connectivity index (χ4v) is 3.84. The molecular formula is C18H24N4O2. The molecule has 0 spiro atoms. The summed E-state index contributed by atoms with van der Waals surface area (Å²) in [6.45, 7) is 3.32. The zero-order valence-corrected chi connectivity index (χ0v) is 14.0. The first-order valence-corrected chi connectivity index (χ1v) is 8.63. The van der Waals surface area contributed by atoms with E-state index in [1.807, 2.05) is 42.5 Å². The summed E-state index contributed by atoms with van der Waals surface area (Å²) in [6.07, 6.45) is 10.2. The molecule has 1 aliphatic heterocycles. The monoisotopic (exact) mass is 328 g/mol. The van der Waals surface area contributed by atoms with Crippen molar-refractivity contribution < 1.29 is 9.47 Å². The third-order valence-corrected chi connectivity index (χ3v) is 5.01. The Kier molecular flexibility index (Phi) is 4.60. The number of rotatable bonds is 5. The third-order valence-electron chi connectivity index (χ3n) is 5.01. The number of ether oxygens (including phenoxy) is 2. The molecule has 128 valence electrons. The van der Waals surface area contributed by atoms with Gasteiger partial charge in [-0.3, -0.25) is 14.6 Å². The Bertz CT molecular complexity index is 660. The predicted octanol–water partition coefficient (Wildman–Crippen LogP) is 1.76. The maximum atomic E-state index is 6.17. The van der Waals surface area contributed by atoms with Crippen molar-refractivity contribution in [2.75, 3.05) is 13.2 Å². The largest absolute Gasteiger partial charge is 0.373 e. The van der Waals surface area contributed by atoms with Crippen LogP contribution >= 0.6 is 0 Å². The molecule has 1 saturated carbocycles. The highest BCUT2D eigenvalue weighted by atomic mass is 16.5. The molecule has 2 aliphatic rings. The lowest BCUT2D eigenvalue weighted by molar-refractivity contribution is -0.118. The minimum atomic E-state index is 0.178. The summed E-state index contributed by atoms with van der Waals surface area (Å²) in [7, 11) is 1.96. The van der Waals surface area contributed by atoms with Gasteiger partial charge in [0.15, 0.2) is 0 Å². The first-order chi connectivity index (χ1) is 11.8. The molecule has 1 aliphatic carbocycles. The maximum Gasteiger partial charge on any atom is 0.0992 e. The van der Waals surface area contributed by atoms with E-state index in [1.165, 1.54) is 5.56 Å². The van der Waals surface area contributed by atoms with E-state index < -0.39 is 0 Å². The lowest BCUT2D eigenvalue weighted by Gasteiger charge is -2.38. The SMILES string of the molecule is Cn1cc(CN2CCO[C@@H]3[C@@H](OCc4ccncc4)CC[C@@H]32)cn1. The van der Waals surface area contributed by atoms with Crippen LogP contribution < -0.4 is 0 Å². The number of aromatic nitrogens is 3. The fourth-order valence-electron chi connectivity index (χ4n) is 3.84. The van der Waals surface area contributed by atoms with Gasteiger partial charge in [0.2, 0.25) is 0 Å². The second kappa shape index (κ2) is 7.01. The summed E-state index contributed by atoms with van der Waals surface area (Å²) >= 11 is 0. The van der Waals surface area contributed by atoms with E-state index in [-0.39, 0.29) is 12.2 Å². The van der Waals surface area contributed by atoms with Gasteiger partial charge in [0, 0.05) is 50.3 Å². The van der Waals surface area contributed by atoms with Crippen molar-refractivity contribution in [3.8, 4) is 0 Å². The van der Waals surface area contributed by atoms with Crippen molar-refractivity contribution in [1.82, 2.24) is 19.7 Å². The molecule has 3 atom stereocenters. The minimum Gasteiger partial charge on any atom is -0.373 e. The van der Waals surface area contributed by atoms with Gasteiger partial charge in [-0.1, -0.05) is 0 Å². The standard InChI is InChI=1S/C18H24N4O2/c1-21-11-15(10-20-21)12-22-8-9-23-18-16(22)2-3-17(18)24-13-14-4-6-19-7-5-14/h4-7,10-11,16-18H,2-3,8-9,12-13H2,1H3/t16-,17-,18-/m0/s1. The lowest BCUT2D eigenvalue weighted by atomic mass is 10.1. The van der Waals surface area contributed by atoms with E-state index in [0.29, 0.717) is 12.6 Å². The fraction of sp³-hybridized carbons (Fsp3) is 0.556. The maximum absolute atomic E-state index is 6.17. The highest BCUT2D eigenvalue weighted by molar-refractivity contribution is 5.09. The average molecular weight is 328 g/mol. The van der Waals surface area contributed by atoms with E-state index in [0.717, 1.165) is 38.1 Å². The molecule has 0 unspecified atom stereocenters.